The lowest BCUT2D eigenvalue weighted by Crippen LogP contribution is -2.49. The zero-order valence-electron chi connectivity index (χ0n) is 16.6. The number of aromatic nitrogens is 3. The molecule has 0 spiro atoms. The van der Waals surface area contributed by atoms with Gasteiger partial charge in [0.05, 0.1) is 18.2 Å². The Hall–Kier alpha value is -2.78. The number of hydrogen-bond acceptors (Lipinski definition) is 6. The van der Waals surface area contributed by atoms with Crippen molar-refractivity contribution >= 4 is 35.4 Å². The first-order valence-corrected chi connectivity index (χ1v) is 10.7. The lowest BCUT2D eigenvalue weighted by atomic mass is 10.1. The van der Waals surface area contributed by atoms with Gasteiger partial charge < -0.3 is 15.4 Å². The van der Waals surface area contributed by atoms with Gasteiger partial charge in [-0.1, -0.05) is 29.4 Å². The van der Waals surface area contributed by atoms with E-state index in [0.717, 1.165) is 5.56 Å². The largest absolute Gasteiger partial charge is 0.463 e. The third-order valence-electron chi connectivity index (χ3n) is 4.34. The van der Waals surface area contributed by atoms with E-state index in [1.807, 2.05) is 16.7 Å². The van der Waals surface area contributed by atoms with Crippen molar-refractivity contribution in [2.75, 3.05) is 12.4 Å². The van der Waals surface area contributed by atoms with Crippen molar-refractivity contribution < 1.29 is 14.3 Å². The molecule has 1 aliphatic heterocycles. The standard InChI is InChI=1S/C20H22ClN5O3S/c1-4-10-26-17(13-6-8-14(21)9-7-13)24-25-20(26)30-11-15-16(18(27)29-5-2)12(3)22-19(28)23-15/h4,6-9,12H,1,5,10-11H2,2-3H3,(H2,22,23,28). The fourth-order valence-electron chi connectivity index (χ4n) is 3.03. The molecular weight excluding hydrogens is 426 g/mol. The number of nitrogens with one attached hydrogen (secondary N) is 2. The molecule has 2 heterocycles. The van der Waals surface area contributed by atoms with Gasteiger partial charge in [0.25, 0.3) is 0 Å². The highest BCUT2D eigenvalue weighted by molar-refractivity contribution is 7.99. The van der Waals surface area contributed by atoms with Crippen LogP contribution in [0.3, 0.4) is 0 Å². The fraction of sp³-hybridized carbons (Fsp3) is 0.300. The lowest BCUT2D eigenvalue weighted by molar-refractivity contribution is -0.138. The number of nitrogens with zero attached hydrogens (tertiary/aromatic N) is 3. The highest BCUT2D eigenvalue weighted by atomic mass is 35.5. The van der Waals surface area contributed by atoms with Crippen molar-refractivity contribution in [2.24, 2.45) is 0 Å². The molecule has 1 atom stereocenters. The molecule has 30 heavy (non-hydrogen) atoms. The number of ether oxygens (including phenoxy) is 1. The number of allylic oxidation sites excluding steroid dienone is 1. The quantitative estimate of drug-likeness (QED) is 0.365. The predicted molar refractivity (Wildman–Crippen MR) is 116 cm³/mol. The van der Waals surface area contributed by atoms with E-state index in [-0.39, 0.29) is 12.6 Å². The molecule has 2 amide bonds. The summed E-state index contributed by atoms with van der Waals surface area (Å²) in [6, 6.07) is 6.51. The normalized spacial score (nSPS) is 16.1. The van der Waals surface area contributed by atoms with Crippen LogP contribution in [-0.2, 0) is 16.1 Å². The summed E-state index contributed by atoms with van der Waals surface area (Å²) in [7, 11) is 0. The summed E-state index contributed by atoms with van der Waals surface area (Å²) in [6.07, 6.45) is 1.75. The fourth-order valence-corrected chi connectivity index (χ4v) is 4.07. The van der Waals surface area contributed by atoms with E-state index in [4.69, 9.17) is 16.3 Å². The van der Waals surface area contributed by atoms with Crippen LogP contribution < -0.4 is 10.6 Å². The Labute approximate surface area is 183 Å². The van der Waals surface area contributed by atoms with Crippen molar-refractivity contribution in [2.45, 2.75) is 31.6 Å². The molecule has 3 rings (SSSR count). The number of hydrogen-bond donors (Lipinski definition) is 2. The summed E-state index contributed by atoms with van der Waals surface area (Å²) < 4.78 is 7.06. The van der Waals surface area contributed by atoms with Gasteiger partial charge in [-0.25, -0.2) is 9.59 Å². The van der Waals surface area contributed by atoms with E-state index in [1.165, 1.54) is 11.8 Å². The summed E-state index contributed by atoms with van der Waals surface area (Å²) in [5.74, 6) is 0.542. The number of thioether (sulfide) groups is 1. The summed E-state index contributed by atoms with van der Waals surface area (Å²) >= 11 is 7.34. The topological polar surface area (TPSA) is 98.1 Å². The van der Waals surface area contributed by atoms with Crippen LogP contribution in [0.25, 0.3) is 11.4 Å². The molecule has 10 heteroatoms. The van der Waals surface area contributed by atoms with Crippen molar-refractivity contribution in [3.05, 3.63) is 53.2 Å². The number of halogens is 1. The Kier molecular flexibility index (Phi) is 7.17. The van der Waals surface area contributed by atoms with Crippen molar-refractivity contribution in [1.29, 1.82) is 0 Å². The predicted octanol–water partition coefficient (Wildman–Crippen LogP) is 3.40. The average Bonchev–Trinajstić information content (AvgIpc) is 3.09. The van der Waals surface area contributed by atoms with Crippen LogP contribution in [0.1, 0.15) is 13.8 Å². The molecule has 0 radical (unpaired) electrons. The van der Waals surface area contributed by atoms with Gasteiger partial charge in [-0.15, -0.1) is 16.8 Å². The second-order valence-electron chi connectivity index (χ2n) is 6.43. The second-order valence-corrected chi connectivity index (χ2v) is 7.81. The van der Waals surface area contributed by atoms with Crippen LogP contribution in [0.2, 0.25) is 5.02 Å². The van der Waals surface area contributed by atoms with Crippen molar-refractivity contribution in [1.82, 2.24) is 25.4 Å². The van der Waals surface area contributed by atoms with Crippen LogP contribution in [-0.4, -0.2) is 45.2 Å². The van der Waals surface area contributed by atoms with Gasteiger partial charge in [-0.2, -0.15) is 0 Å². The molecular formula is C20H22ClN5O3S. The molecule has 2 N–H and O–H groups in total. The van der Waals surface area contributed by atoms with Crippen molar-refractivity contribution in [3.63, 3.8) is 0 Å². The molecule has 0 bridgehead atoms. The SMILES string of the molecule is C=CCn1c(SCC2=C(C(=O)OCC)C(C)NC(=O)N2)nnc1-c1ccc(Cl)cc1. The average molecular weight is 448 g/mol. The van der Waals surface area contributed by atoms with Gasteiger partial charge in [0, 0.05) is 28.6 Å². The van der Waals surface area contributed by atoms with Crippen molar-refractivity contribution in [3.8, 4) is 11.4 Å². The molecule has 1 unspecified atom stereocenters. The molecule has 0 saturated heterocycles. The highest BCUT2D eigenvalue weighted by Gasteiger charge is 2.30. The van der Waals surface area contributed by atoms with Crippen LogP contribution in [0.5, 0.6) is 0 Å². The summed E-state index contributed by atoms with van der Waals surface area (Å²) in [5, 5.41) is 15.3. The maximum atomic E-state index is 12.4. The van der Waals surface area contributed by atoms with Crippen LogP contribution >= 0.6 is 23.4 Å². The molecule has 8 nitrogen and oxygen atoms in total. The van der Waals surface area contributed by atoms with E-state index < -0.39 is 12.0 Å². The first-order chi connectivity index (χ1) is 14.4. The molecule has 158 valence electrons. The number of carbonyl (C=O) groups excluding carboxylic acids is 2. The minimum absolute atomic E-state index is 0.252. The Morgan fingerprint density at radius 2 is 2.10 bits per heavy atom. The number of carbonyl (C=O) groups is 2. The van der Waals surface area contributed by atoms with E-state index >= 15 is 0 Å². The Morgan fingerprint density at radius 1 is 1.37 bits per heavy atom. The minimum Gasteiger partial charge on any atom is -0.463 e. The maximum Gasteiger partial charge on any atom is 0.337 e. The summed E-state index contributed by atoms with van der Waals surface area (Å²) in [4.78, 5) is 24.3. The smallest absolute Gasteiger partial charge is 0.337 e. The number of rotatable bonds is 8. The lowest BCUT2D eigenvalue weighted by Gasteiger charge is -2.26. The Bertz CT molecular complexity index is 987. The molecule has 1 aromatic heterocycles. The number of amides is 2. The first kappa shape index (κ1) is 21.9. The van der Waals surface area contributed by atoms with Gasteiger partial charge in [0.2, 0.25) is 0 Å². The number of esters is 1. The third-order valence-corrected chi connectivity index (χ3v) is 5.59. The number of benzene rings is 1. The Morgan fingerprint density at radius 3 is 2.77 bits per heavy atom. The zero-order valence-corrected chi connectivity index (χ0v) is 18.2. The van der Waals surface area contributed by atoms with Crippen LogP contribution in [0, 0.1) is 0 Å². The highest BCUT2D eigenvalue weighted by Crippen LogP contribution is 2.27. The number of urea groups is 1. The third kappa shape index (κ3) is 4.85. The van der Waals surface area contributed by atoms with E-state index in [9.17, 15) is 9.59 Å². The molecule has 0 fully saturated rings. The molecule has 0 aliphatic carbocycles. The monoisotopic (exact) mass is 447 g/mol. The van der Waals surface area contributed by atoms with Gasteiger partial charge in [0.1, 0.15) is 0 Å². The van der Waals surface area contributed by atoms with E-state index in [2.05, 4.69) is 27.4 Å². The van der Waals surface area contributed by atoms with E-state index in [1.54, 1.807) is 32.1 Å². The van der Waals surface area contributed by atoms with E-state index in [0.29, 0.717) is 39.6 Å². The summed E-state index contributed by atoms with van der Waals surface area (Å²) in [5.41, 5.74) is 1.77. The second kappa shape index (κ2) is 9.82. The zero-order chi connectivity index (χ0) is 21.7. The van der Waals surface area contributed by atoms with Crippen LogP contribution in [0.4, 0.5) is 4.79 Å². The molecule has 1 aliphatic rings. The summed E-state index contributed by atoms with van der Waals surface area (Å²) in [6.45, 7) is 8.04. The Balaban J connectivity index is 1.89. The van der Waals surface area contributed by atoms with Gasteiger partial charge in [0.15, 0.2) is 11.0 Å². The molecule has 1 aromatic carbocycles. The van der Waals surface area contributed by atoms with Gasteiger partial charge >= 0.3 is 12.0 Å². The molecule has 0 saturated carbocycles. The minimum atomic E-state index is -0.456. The maximum absolute atomic E-state index is 12.4. The van der Waals surface area contributed by atoms with Gasteiger partial charge in [-0.3, -0.25) is 4.57 Å². The van der Waals surface area contributed by atoms with Crippen LogP contribution in [0.15, 0.2) is 53.3 Å². The molecule has 2 aromatic rings. The first-order valence-electron chi connectivity index (χ1n) is 9.35. The van der Waals surface area contributed by atoms with Gasteiger partial charge in [-0.05, 0) is 38.1 Å².